The Balaban J connectivity index is 2.85. The van der Waals surface area contributed by atoms with E-state index >= 15 is 0 Å². The summed E-state index contributed by atoms with van der Waals surface area (Å²) in [5, 5.41) is 21.9. The van der Waals surface area contributed by atoms with Crippen molar-refractivity contribution in [2.75, 3.05) is 6.54 Å². The van der Waals surface area contributed by atoms with Crippen LogP contribution in [0.15, 0.2) is 9.41 Å². The third-order valence-corrected chi connectivity index (χ3v) is 3.88. The second-order valence-electron chi connectivity index (χ2n) is 8.59. The molecule has 0 aromatic carbocycles. The average molecular weight is 456 g/mol. The number of carbonyl (C=O) groups excluding carboxylic acids is 2. The summed E-state index contributed by atoms with van der Waals surface area (Å²) in [5.41, 5.74) is 9.75. The molecule has 0 spiro atoms. The number of carboxylic acid groups (broad SMARTS) is 1. The summed E-state index contributed by atoms with van der Waals surface area (Å²) in [4.78, 5) is 39.8. The van der Waals surface area contributed by atoms with Crippen molar-refractivity contribution in [1.82, 2.24) is 20.8 Å². The van der Waals surface area contributed by atoms with Crippen molar-refractivity contribution in [3.05, 3.63) is 11.8 Å². The van der Waals surface area contributed by atoms with Gasteiger partial charge in [-0.25, -0.2) is 9.59 Å². The minimum Gasteiger partial charge on any atom is -0.480 e. The molecule has 32 heavy (non-hydrogen) atoms. The van der Waals surface area contributed by atoms with Crippen molar-refractivity contribution in [3.8, 4) is 0 Å². The first kappa shape index (κ1) is 26.7. The Hall–Kier alpha value is -3.38. The van der Waals surface area contributed by atoms with Crippen LogP contribution >= 0.6 is 0 Å². The number of alkyl carbamates (subject to hydrolysis) is 1. The highest BCUT2D eigenvalue weighted by Gasteiger charge is 2.28. The number of aliphatic imine (C=N–C) groups is 1. The third kappa shape index (κ3) is 10.1. The number of ether oxygens (including phenoxy) is 1. The van der Waals surface area contributed by atoms with Gasteiger partial charge in [0.2, 0.25) is 5.89 Å². The Labute approximate surface area is 186 Å². The van der Waals surface area contributed by atoms with Crippen molar-refractivity contribution in [1.29, 1.82) is 0 Å². The molecule has 1 aromatic rings. The monoisotopic (exact) mass is 455 g/mol. The third-order valence-electron chi connectivity index (χ3n) is 3.88. The highest BCUT2D eigenvalue weighted by atomic mass is 16.6. The van der Waals surface area contributed by atoms with Crippen molar-refractivity contribution >= 4 is 23.9 Å². The van der Waals surface area contributed by atoms with Crippen LogP contribution in [-0.2, 0) is 9.53 Å². The molecule has 0 unspecified atom stereocenters. The second kappa shape index (κ2) is 11.9. The fraction of sp³-hybridized carbons (Fsp3) is 0.684. The lowest BCUT2D eigenvalue weighted by Crippen LogP contribution is -2.41. The molecule has 0 aliphatic heterocycles. The number of carboxylic acids is 1. The van der Waals surface area contributed by atoms with Crippen LogP contribution in [0, 0.1) is 5.92 Å². The van der Waals surface area contributed by atoms with Gasteiger partial charge in [-0.2, -0.15) is 0 Å². The fourth-order valence-corrected chi connectivity index (χ4v) is 2.59. The number of hydrogen-bond donors (Lipinski definition) is 5. The number of rotatable bonds is 11. The number of guanidine groups is 1. The summed E-state index contributed by atoms with van der Waals surface area (Å²) in [6.45, 7) is 9.29. The van der Waals surface area contributed by atoms with Gasteiger partial charge < -0.3 is 36.4 Å². The molecule has 0 saturated heterocycles. The van der Waals surface area contributed by atoms with Crippen molar-refractivity contribution in [2.24, 2.45) is 22.4 Å². The maximum atomic E-state index is 12.4. The average Bonchev–Trinajstić information content (AvgIpc) is 3.11. The van der Waals surface area contributed by atoms with Gasteiger partial charge in [-0.3, -0.25) is 9.79 Å². The van der Waals surface area contributed by atoms with Crippen LogP contribution in [0.4, 0.5) is 4.79 Å². The van der Waals surface area contributed by atoms with Crippen molar-refractivity contribution < 1.29 is 28.6 Å². The van der Waals surface area contributed by atoms with E-state index in [2.05, 4.69) is 25.8 Å². The molecule has 0 aliphatic rings. The lowest BCUT2D eigenvalue weighted by molar-refractivity contribution is -0.139. The van der Waals surface area contributed by atoms with Crippen molar-refractivity contribution in [2.45, 2.75) is 71.6 Å². The number of hydrogen-bond acceptors (Lipinski definition) is 8. The minimum atomic E-state index is -1.23. The second-order valence-corrected chi connectivity index (χ2v) is 8.59. The number of aliphatic carboxylic acids is 1. The van der Waals surface area contributed by atoms with Gasteiger partial charge in [0.15, 0.2) is 5.96 Å². The Bertz CT molecular complexity index is 811. The van der Waals surface area contributed by atoms with Crippen LogP contribution in [0.25, 0.3) is 0 Å². The van der Waals surface area contributed by atoms with Gasteiger partial charge >= 0.3 is 23.9 Å². The first-order valence-corrected chi connectivity index (χ1v) is 10.2. The van der Waals surface area contributed by atoms with E-state index in [1.807, 2.05) is 13.8 Å². The molecular weight excluding hydrogens is 422 g/mol. The molecule has 1 aromatic heterocycles. The van der Waals surface area contributed by atoms with Gasteiger partial charge in [-0.15, -0.1) is 10.2 Å². The van der Waals surface area contributed by atoms with Crippen LogP contribution in [0.1, 0.15) is 76.5 Å². The summed E-state index contributed by atoms with van der Waals surface area (Å²) in [6, 6.07) is -1.88. The normalized spacial score (nSPS) is 13.2. The molecule has 0 bridgehead atoms. The summed E-state index contributed by atoms with van der Waals surface area (Å²) in [6.07, 6.45) is 0.208. The Morgan fingerprint density at radius 3 is 2.38 bits per heavy atom. The Kier molecular flexibility index (Phi) is 9.88. The first-order valence-electron chi connectivity index (χ1n) is 10.2. The molecule has 0 fully saturated rings. The number of nitrogens with one attached hydrogen (secondary N) is 2. The first-order chi connectivity index (χ1) is 14.8. The number of amides is 2. The highest BCUT2D eigenvalue weighted by Crippen LogP contribution is 2.21. The smallest absolute Gasteiger partial charge is 0.408 e. The summed E-state index contributed by atoms with van der Waals surface area (Å²) in [5.74, 6) is -2.44. The van der Waals surface area contributed by atoms with Crippen LogP contribution < -0.4 is 22.1 Å². The van der Waals surface area contributed by atoms with Gasteiger partial charge in [0.1, 0.15) is 17.7 Å². The highest BCUT2D eigenvalue weighted by molar-refractivity contribution is 5.92. The maximum Gasteiger partial charge on any atom is 0.408 e. The SMILES string of the molecule is CC(C)C[C@H](NC(=O)OC(C)(C)C)c1nnc(C(=O)N[C@@H](CCCN=C(N)N)C(=O)O)o1. The Morgan fingerprint density at radius 2 is 1.84 bits per heavy atom. The van der Waals surface area contributed by atoms with Gasteiger partial charge in [0.25, 0.3) is 0 Å². The standard InChI is InChI=1S/C19H33N7O6/c1-10(2)9-12(24-18(30)32-19(3,4)5)14-25-26-15(31-14)13(27)23-11(16(28)29)7-6-8-22-17(20)21/h10-12H,6-9H2,1-5H3,(H,23,27)(H,24,30)(H,28,29)(H4,20,21,22)/t11-,12-/m0/s1. The van der Waals surface area contributed by atoms with E-state index in [4.69, 9.17) is 20.6 Å². The van der Waals surface area contributed by atoms with E-state index in [0.29, 0.717) is 12.8 Å². The van der Waals surface area contributed by atoms with Crippen LogP contribution in [-0.4, -0.2) is 57.4 Å². The van der Waals surface area contributed by atoms with E-state index in [0.717, 1.165) is 0 Å². The Morgan fingerprint density at radius 1 is 1.19 bits per heavy atom. The number of carbonyl (C=O) groups is 3. The molecule has 2 amide bonds. The molecular formula is C19H33N7O6. The molecule has 180 valence electrons. The topological polar surface area (TPSA) is 208 Å². The molecule has 2 atom stereocenters. The molecule has 13 nitrogen and oxygen atoms in total. The maximum absolute atomic E-state index is 12.4. The number of nitrogens with zero attached hydrogens (tertiary/aromatic N) is 3. The van der Waals surface area contributed by atoms with Gasteiger partial charge in [0.05, 0.1) is 0 Å². The van der Waals surface area contributed by atoms with E-state index in [1.165, 1.54) is 0 Å². The summed E-state index contributed by atoms with van der Waals surface area (Å²) < 4.78 is 10.7. The predicted octanol–water partition coefficient (Wildman–Crippen LogP) is 0.918. The zero-order valence-electron chi connectivity index (χ0n) is 19.0. The molecule has 1 rings (SSSR count). The number of aromatic nitrogens is 2. The fourth-order valence-electron chi connectivity index (χ4n) is 2.59. The lowest BCUT2D eigenvalue weighted by atomic mass is 10.0. The molecule has 0 radical (unpaired) electrons. The van der Waals surface area contributed by atoms with Crippen LogP contribution in [0.3, 0.4) is 0 Å². The molecule has 13 heteroatoms. The van der Waals surface area contributed by atoms with E-state index in [9.17, 15) is 19.5 Å². The summed E-state index contributed by atoms with van der Waals surface area (Å²) >= 11 is 0. The summed E-state index contributed by atoms with van der Waals surface area (Å²) in [7, 11) is 0. The number of nitrogens with two attached hydrogens (primary N) is 2. The van der Waals surface area contributed by atoms with Gasteiger partial charge in [0, 0.05) is 6.54 Å². The molecule has 0 saturated carbocycles. The molecule has 7 N–H and O–H groups in total. The van der Waals surface area contributed by atoms with Gasteiger partial charge in [-0.05, 0) is 46.0 Å². The van der Waals surface area contributed by atoms with E-state index in [1.54, 1.807) is 20.8 Å². The van der Waals surface area contributed by atoms with Crippen LogP contribution in [0.2, 0.25) is 0 Å². The van der Waals surface area contributed by atoms with Crippen LogP contribution in [0.5, 0.6) is 0 Å². The minimum absolute atomic E-state index is 0.00865. The van der Waals surface area contributed by atoms with Crippen molar-refractivity contribution in [3.63, 3.8) is 0 Å². The predicted molar refractivity (Wildman–Crippen MR) is 115 cm³/mol. The largest absolute Gasteiger partial charge is 0.480 e. The molecule has 0 aliphatic carbocycles. The zero-order chi connectivity index (χ0) is 24.5. The van der Waals surface area contributed by atoms with E-state index < -0.39 is 41.5 Å². The molecule has 1 heterocycles. The van der Waals surface area contributed by atoms with Gasteiger partial charge in [-0.1, -0.05) is 13.8 Å². The zero-order valence-corrected chi connectivity index (χ0v) is 19.0. The quantitative estimate of drug-likeness (QED) is 0.181. The lowest BCUT2D eigenvalue weighted by Gasteiger charge is -2.23. The van der Waals surface area contributed by atoms with E-state index in [-0.39, 0.29) is 30.7 Å².